The normalized spacial score (nSPS) is 17.4. The number of aromatic nitrogens is 2. The van der Waals surface area contributed by atoms with E-state index in [1.165, 1.54) is 0 Å². The molecule has 2 aliphatic rings. The minimum Gasteiger partial charge on any atom is -0.206 e. The molecule has 0 N–H and O–H groups in total. The number of allylic oxidation sites excluding steroid dienone is 1. The lowest BCUT2D eigenvalue weighted by molar-refractivity contribution is -0.727. The Morgan fingerprint density at radius 3 is 2.38 bits per heavy atom. The number of benzene rings is 3. The van der Waals surface area contributed by atoms with Crippen LogP contribution in [0.15, 0.2) is 104 Å². The van der Waals surface area contributed by atoms with Crippen molar-refractivity contribution in [1.82, 2.24) is 0 Å². The average Bonchev–Trinajstić information content (AvgIpc) is 3.02. The van der Waals surface area contributed by atoms with E-state index < -0.39 is 17.5 Å². The summed E-state index contributed by atoms with van der Waals surface area (Å²) < 4.78 is 50.0. The first-order valence-corrected chi connectivity index (χ1v) is 13.5. The Kier molecular flexibility index (Phi) is 5.70. The van der Waals surface area contributed by atoms with E-state index in [0.717, 1.165) is 39.2 Å². The summed E-state index contributed by atoms with van der Waals surface area (Å²) in [5.41, 5.74) is 7.50. The molecule has 5 aromatic rings. The van der Waals surface area contributed by atoms with Crippen LogP contribution in [0.3, 0.4) is 0 Å². The summed E-state index contributed by atoms with van der Waals surface area (Å²) in [6.45, 7) is 6.57. The Labute approximate surface area is 231 Å². The first-order valence-electron chi connectivity index (χ1n) is 13.5. The molecule has 0 radical (unpaired) electrons. The van der Waals surface area contributed by atoms with Gasteiger partial charge in [-0.3, -0.25) is 0 Å². The third-order valence-corrected chi connectivity index (χ3v) is 8.47. The minimum absolute atomic E-state index is 0.0629. The van der Waals surface area contributed by atoms with Gasteiger partial charge in [0.1, 0.15) is 5.82 Å². The van der Waals surface area contributed by atoms with Gasteiger partial charge in [-0.15, -0.1) is 0 Å². The number of rotatable bonds is 1. The van der Waals surface area contributed by atoms with E-state index >= 15 is 8.78 Å². The van der Waals surface area contributed by atoms with Crippen LogP contribution in [0, 0.1) is 24.4 Å². The molecule has 0 spiro atoms. The maximum atomic E-state index is 15.7. The van der Waals surface area contributed by atoms with E-state index in [1.54, 1.807) is 0 Å². The summed E-state index contributed by atoms with van der Waals surface area (Å²) in [7, 11) is 0. The molecule has 7 rings (SSSR count). The summed E-state index contributed by atoms with van der Waals surface area (Å²) in [6, 6.07) is 26.6. The lowest BCUT2D eigenvalue weighted by Gasteiger charge is -2.29. The number of nitrogens with zero attached hydrogens (tertiary/aromatic N) is 2. The fraction of sp³-hybridized carbons (Fsp3) is 0.143. The van der Waals surface area contributed by atoms with Gasteiger partial charge < -0.3 is 0 Å². The molecular weight excluding hydrogens is 505 g/mol. The number of hydrogen-bond donors (Lipinski definition) is 0. The largest absolute Gasteiger partial charge is 0.249 e. The van der Waals surface area contributed by atoms with E-state index in [0.29, 0.717) is 18.2 Å². The monoisotopic (exact) mass is 532 g/mol. The van der Waals surface area contributed by atoms with Gasteiger partial charge in [0.25, 0.3) is 0 Å². The van der Waals surface area contributed by atoms with Gasteiger partial charge in [0, 0.05) is 41.0 Å². The highest BCUT2D eigenvalue weighted by Crippen LogP contribution is 2.45. The standard InChI is InChI=1S/C35H27F3N2/c1-21-18-32-33-27(34(38)30(37)19-29(33)36)16-15-26-24-12-6-7-13-25(24)31-14-8-9-17-39(31)35(26)22(2)40(32)20-28(21)23-10-4-3-5-11-23/h3-14,17-20,26,35H,2,15-16H2,1H3/q+2. The predicted molar refractivity (Wildman–Crippen MR) is 150 cm³/mol. The fourth-order valence-corrected chi connectivity index (χ4v) is 6.65. The van der Waals surface area contributed by atoms with Crippen molar-refractivity contribution < 1.29 is 22.3 Å². The van der Waals surface area contributed by atoms with Gasteiger partial charge in [0.05, 0.1) is 11.5 Å². The molecule has 2 aliphatic heterocycles. The van der Waals surface area contributed by atoms with Crippen molar-refractivity contribution in [2.45, 2.75) is 31.7 Å². The molecule has 0 amide bonds. The number of pyridine rings is 2. The van der Waals surface area contributed by atoms with E-state index in [-0.39, 0.29) is 29.5 Å². The van der Waals surface area contributed by atoms with Gasteiger partial charge in [0.2, 0.25) is 23.1 Å². The quantitative estimate of drug-likeness (QED) is 0.154. The average molecular weight is 533 g/mol. The van der Waals surface area contributed by atoms with Crippen LogP contribution in [-0.4, -0.2) is 0 Å². The molecule has 0 aliphatic carbocycles. The van der Waals surface area contributed by atoms with Crippen LogP contribution >= 0.6 is 0 Å². The maximum Gasteiger partial charge on any atom is 0.249 e. The van der Waals surface area contributed by atoms with Crippen molar-refractivity contribution in [2.75, 3.05) is 0 Å². The molecule has 2 atom stereocenters. The number of halogens is 3. The van der Waals surface area contributed by atoms with Crippen LogP contribution in [0.1, 0.15) is 35.1 Å². The molecule has 5 heteroatoms. The Bertz CT molecular complexity index is 1830. The Hall–Kier alpha value is -4.51. The van der Waals surface area contributed by atoms with Gasteiger partial charge in [0.15, 0.2) is 24.0 Å². The molecule has 196 valence electrons. The van der Waals surface area contributed by atoms with Crippen molar-refractivity contribution in [3.05, 3.63) is 138 Å². The zero-order chi connectivity index (χ0) is 27.5. The van der Waals surface area contributed by atoms with E-state index in [9.17, 15) is 4.39 Å². The third-order valence-electron chi connectivity index (χ3n) is 8.47. The second-order valence-corrected chi connectivity index (χ2v) is 10.7. The van der Waals surface area contributed by atoms with Crippen molar-refractivity contribution >= 4 is 5.70 Å². The summed E-state index contributed by atoms with van der Waals surface area (Å²) in [5.74, 6) is -3.03. The van der Waals surface area contributed by atoms with Crippen LogP contribution in [0.5, 0.6) is 0 Å². The SMILES string of the molecule is C=C1C2C(CCc3c(F)c(F)cc(F)c3-c3cc(C)c(-c4ccccc4)c[n+]31)c1ccccc1-c1cccc[n+]12. The smallest absolute Gasteiger partial charge is 0.206 e. The van der Waals surface area contributed by atoms with Gasteiger partial charge in [-0.25, -0.2) is 13.2 Å². The van der Waals surface area contributed by atoms with Crippen molar-refractivity contribution in [3.8, 4) is 33.6 Å². The summed E-state index contributed by atoms with van der Waals surface area (Å²) in [5, 5.41) is 0. The van der Waals surface area contributed by atoms with Crippen LogP contribution in [0.2, 0.25) is 0 Å². The van der Waals surface area contributed by atoms with Crippen molar-refractivity contribution in [3.63, 3.8) is 0 Å². The van der Waals surface area contributed by atoms with E-state index in [2.05, 4.69) is 29.3 Å². The Morgan fingerprint density at radius 1 is 0.800 bits per heavy atom. The topological polar surface area (TPSA) is 7.76 Å². The van der Waals surface area contributed by atoms with Crippen LogP contribution in [0.25, 0.3) is 39.3 Å². The number of aryl methyl sites for hydroxylation is 1. The van der Waals surface area contributed by atoms with Gasteiger partial charge in [-0.1, -0.05) is 48.5 Å². The van der Waals surface area contributed by atoms with E-state index in [1.807, 2.05) is 84.5 Å². The molecule has 0 saturated heterocycles. The molecule has 0 saturated carbocycles. The lowest BCUT2D eigenvalue weighted by Crippen LogP contribution is -2.53. The molecular formula is C35H27F3N2+2. The highest BCUT2D eigenvalue weighted by atomic mass is 19.2. The predicted octanol–water partition coefficient (Wildman–Crippen LogP) is 7.74. The highest BCUT2D eigenvalue weighted by molar-refractivity contribution is 5.72. The molecule has 4 heterocycles. The maximum absolute atomic E-state index is 15.7. The summed E-state index contributed by atoms with van der Waals surface area (Å²) >= 11 is 0. The van der Waals surface area contributed by atoms with Gasteiger partial charge in [-0.2, -0.15) is 9.13 Å². The number of fused-ring (bicyclic) bond motifs is 9. The molecule has 3 aromatic carbocycles. The second kappa shape index (κ2) is 9.30. The first kappa shape index (κ1) is 24.5. The second-order valence-electron chi connectivity index (χ2n) is 10.7. The molecule has 0 fully saturated rings. The minimum atomic E-state index is -1.17. The van der Waals surface area contributed by atoms with Crippen LogP contribution in [-0.2, 0) is 6.42 Å². The summed E-state index contributed by atoms with van der Waals surface area (Å²) in [6.07, 6.45) is 4.69. The molecule has 40 heavy (non-hydrogen) atoms. The zero-order valence-electron chi connectivity index (χ0n) is 22.0. The molecule has 0 bridgehead atoms. The molecule has 2 unspecified atom stereocenters. The van der Waals surface area contributed by atoms with Crippen molar-refractivity contribution in [1.29, 1.82) is 0 Å². The zero-order valence-corrected chi connectivity index (χ0v) is 22.0. The molecule has 2 nitrogen and oxygen atoms in total. The van der Waals surface area contributed by atoms with Crippen LogP contribution < -0.4 is 9.13 Å². The number of hydrogen-bond acceptors (Lipinski definition) is 0. The molecule has 2 aromatic heterocycles. The Balaban J connectivity index is 1.57. The highest BCUT2D eigenvalue weighted by Gasteiger charge is 2.47. The lowest BCUT2D eigenvalue weighted by atomic mass is 9.78. The van der Waals surface area contributed by atoms with Gasteiger partial charge in [-0.05, 0) is 55.2 Å². The Morgan fingerprint density at radius 2 is 1.55 bits per heavy atom. The van der Waals surface area contributed by atoms with Gasteiger partial charge >= 0.3 is 0 Å². The fourth-order valence-electron chi connectivity index (χ4n) is 6.65. The first-order chi connectivity index (χ1) is 19.4. The van der Waals surface area contributed by atoms with E-state index in [4.69, 9.17) is 0 Å². The third kappa shape index (κ3) is 3.64. The van der Waals surface area contributed by atoms with Crippen molar-refractivity contribution in [2.24, 2.45) is 0 Å². The van der Waals surface area contributed by atoms with Crippen LogP contribution in [0.4, 0.5) is 13.2 Å². The summed E-state index contributed by atoms with van der Waals surface area (Å²) in [4.78, 5) is 0.